The van der Waals surface area contributed by atoms with Crippen LogP contribution in [0.15, 0.2) is 24.3 Å². The van der Waals surface area contributed by atoms with Gasteiger partial charge in [0.1, 0.15) is 5.82 Å². The van der Waals surface area contributed by atoms with Crippen LogP contribution in [0.25, 0.3) is 0 Å². The average Bonchev–Trinajstić information content (AvgIpc) is 2.59. The summed E-state index contributed by atoms with van der Waals surface area (Å²) < 4.78 is 18.7. The molecule has 0 radical (unpaired) electrons. The first-order valence-electron chi connectivity index (χ1n) is 6.43. The molecule has 6 heteroatoms. The van der Waals surface area contributed by atoms with Gasteiger partial charge in [0.05, 0.1) is 19.3 Å². The number of nitrogens with one attached hydrogen (secondary N) is 1. The smallest absolute Gasteiger partial charge is 0.239 e. The molecule has 20 heavy (non-hydrogen) atoms. The second kappa shape index (κ2) is 6.47. The molecule has 1 aliphatic rings. The van der Waals surface area contributed by atoms with E-state index in [1.165, 1.54) is 24.0 Å². The lowest BCUT2D eigenvalue weighted by atomic mass is 10.2. The minimum atomic E-state index is -0.314. The molecule has 1 aromatic rings. The van der Waals surface area contributed by atoms with Crippen molar-refractivity contribution < 1.29 is 18.7 Å². The second-order valence-corrected chi connectivity index (χ2v) is 4.77. The molecule has 5 nitrogen and oxygen atoms in total. The Balaban J connectivity index is 1.94. The molecule has 1 aromatic carbocycles. The maximum atomic E-state index is 13.1. The van der Waals surface area contributed by atoms with Crippen LogP contribution in [0.4, 0.5) is 4.39 Å². The van der Waals surface area contributed by atoms with E-state index in [1.807, 2.05) is 0 Å². The maximum absolute atomic E-state index is 13.1. The van der Waals surface area contributed by atoms with Gasteiger partial charge in [-0.15, -0.1) is 0 Å². The molecule has 1 atom stereocenters. The zero-order chi connectivity index (χ0) is 14.5. The van der Waals surface area contributed by atoms with Crippen LogP contribution >= 0.6 is 0 Å². The van der Waals surface area contributed by atoms with Gasteiger partial charge in [0.15, 0.2) is 0 Å². The molecule has 2 amide bonds. The highest BCUT2D eigenvalue weighted by atomic mass is 19.1. The predicted molar refractivity (Wildman–Crippen MR) is 70.2 cm³/mol. The van der Waals surface area contributed by atoms with Crippen LogP contribution in [0, 0.1) is 5.82 Å². The Labute approximate surface area is 116 Å². The Bertz CT molecular complexity index is 507. The SMILES string of the molecule is CC(=O)N1CC(=O)NCC(OCc2cccc(F)c2)C1. The van der Waals surface area contributed by atoms with E-state index in [0.717, 1.165) is 5.56 Å². The van der Waals surface area contributed by atoms with Crippen molar-refractivity contribution in [3.05, 3.63) is 35.6 Å². The van der Waals surface area contributed by atoms with E-state index >= 15 is 0 Å². The molecule has 1 fully saturated rings. The lowest BCUT2D eigenvalue weighted by Crippen LogP contribution is -2.38. The second-order valence-electron chi connectivity index (χ2n) is 4.77. The zero-order valence-corrected chi connectivity index (χ0v) is 11.3. The van der Waals surface area contributed by atoms with Gasteiger partial charge < -0.3 is 15.0 Å². The van der Waals surface area contributed by atoms with Gasteiger partial charge in [0.25, 0.3) is 0 Å². The first kappa shape index (κ1) is 14.5. The summed E-state index contributed by atoms with van der Waals surface area (Å²) in [6.45, 7) is 2.41. The molecule has 0 aliphatic carbocycles. The van der Waals surface area contributed by atoms with Crippen molar-refractivity contribution >= 4 is 11.8 Å². The van der Waals surface area contributed by atoms with Gasteiger partial charge in [0, 0.05) is 20.0 Å². The number of halogens is 1. The van der Waals surface area contributed by atoms with Gasteiger partial charge in [-0.25, -0.2) is 4.39 Å². The molecule has 0 bridgehead atoms. The number of hydrogen-bond acceptors (Lipinski definition) is 3. The Morgan fingerprint density at radius 2 is 2.35 bits per heavy atom. The van der Waals surface area contributed by atoms with Crippen molar-refractivity contribution in [3.63, 3.8) is 0 Å². The topological polar surface area (TPSA) is 58.6 Å². The lowest BCUT2D eigenvalue weighted by Gasteiger charge is -2.22. The van der Waals surface area contributed by atoms with Crippen LogP contribution in [-0.2, 0) is 20.9 Å². The number of ether oxygens (including phenoxy) is 1. The van der Waals surface area contributed by atoms with E-state index < -0.39 is 0 Å². The van der Waals surface area contributed by atoms with E-state index in [-0.39, 0.29) is 36.9 Å². The monoisotopic (exact) mass is 280 g/mol. The molecule has 1 N–H and O–H groups in total. The van der Waals surface area contributed by atoms with Crippen LogP contribution in [0.2, 0.25) is 0 Å². The molecule has 1 aliphatic heterocycles. The highest BCUT2D eigenvalue weighted by Crippen LogP contribution is 2.08. The average molecular weight is 280 g/mol. The summed E-state index contributed by atoms with van der Waals surface area (Å²) >= 11 is 0. The van der Waals surface area contributed by atoms with Crippen LogP contribution in [0.5, 0.6) is 0 Å². The molecule has 0 saturated carbocycles. The molecule has 1 heterocycles. The normalized spacial score (nSPS) is 19.4. The standard InChI is InChI=1S/C14H17FN2O3/c1-10(18)17-7-13(6-16-14(19)8-17)20-9-11-3-2-4-12(15)5-11/h2-5,13H,6-9H2,1H3,(H,16,19). The number of rotatable bonds is 3. The molecular formula is C14H17FN2O3. The highest BCUT2D eigenvalue weighted by molar-refractivity contribution is 5.84. The fourth-order valence-corrected chi connectivity index (χ4v) is 2.02. The number of benzene rings is 1. The van der Waals surface area contributed by atoms with Gasteiger partial charge in [-0.1, -0.05) is 12.1 Å². The number of amides is 2. The third-order valence-corrected chi connectivity index (χ3v) is 3.11. The van der Waals surface area contributed by atoms with Crippen LogP contribution < -0.4 is 5.32 Å². The lowest BCUT2D eigenvalue weighted by molar-refractivity contribution is -0.134. The van der Waals surface area contributed by atoms with E-state index in [0.29, 0.717) is 13.1 Å². The van der Waals surface area contributed by atoms with Gasteiger partial charge in [-0.2, -0.15) is 0 Å². The van der Waals surface area contributed by atoms with Crippen LogP contribution in [0.3, 0.4) is 0 Å². The van der Waals surface area contributed by atoms with Crippen molar-refractivity contribution in [2.75, 3.05) is 19.6 Å². The largest absolute Gasteiger partial charge is 0.370 e. The summed E-state index contributed by atoms with van der Waals surface area (Å²) in [4.78, 5) is 24.3. The summed E-state index contributed by atoms with van der Waals surface area (Å²) in [5.41, 5.74) is 0.718. The minimum absolute atomic E-state index is 0.0508. The third-order valence-electron chi connectivity index (χ3n) is 3.11. The van der Waals surface area contributed by atoms with Gasteiger partial charge in [-0.3, -0.25) is 9.59 Å². The summed E-state index contributed by atoms with van der Waals surface area (Å²) in [5.74, 6) is -0.677. The summed E-state index contributed by atoms with van der Waals surface area (Å²) in [6.07, 6.45) is -0.298. The molecular weight excluding hydrogens is 263 g/mol. The van der Waals surface area contributed by atoms with E-state index in [4.69, 9.17) is 4.74 Å². The maximum Gasteiger partial charge on any atom is 0.239 e. The Hall–Kier alpha value is -1.95. The van der Waals surface area contributed by atoms with Crippen LogP contribution in [0.1, 0.15) is 12.5 Å². The van der Waals surface area contributed by atoms with Crippen molar-refractivity contribution in [1.29, 1.82) is 0 Å². The van der Waals surface area contributed by atoms with Crippen molar-refractivity contribution in [2.45, 2.75) is 19.6 Å². The third kappa shape index (κ3) is 4.03. The fourth-order valence-electron chi connectivity index (χ4n) is 2.02. The fraction of sp³-hybridized carbons (Fsp3) is 0.429. The Kier molecular flexibility index (Phi) is 4.68. The molecule has 1 saturated heterocycles. The van der Waals surface area contributed by atoms with Crippen molar-refractivity contribution in [3.8, 4) is 0 Å². The number of hydrogen-bond donors (Lipinski definition) is 1. The predicted octanol–water partition coefficient (Wildman–Crippen LogP) is 0.689. The molecule has 2 rings (SSSR count). The summed E-state index contributed by atoms with van der Waals surface area (Å²) in [6, 6.07) is 6.15. The first-order valence-corrected chi connectivity index (χ1v) is 6.43. The summed E-state index contributed by atoms with van der Waals surface area (Å²) in [7, 11) is 0. The number of carbonyl (C=O) groups is 2. The summed E-state index contributed by atoms with van der Waals surface area (Å²) in [5, 5.41) is 2.70. The van der Waals surface area contributed by atoms with Crippen molar-refractivity contribution in [1.82, 2.24) is 10.2 Å². The van der Waals surface area contributed by atoms with E-state index in [1.54, 1.807) is 12.1 Å². The van der Waals surface area contributed by atoms with Gasteiger partial charge >= 0.3 is 0 Å². The molecule has 0 spiro atoms. The van der Waals surface area contributed by atoms with Crippen LogP contribution in [-0.4, -0.2) is 42.5 Å². The Morgan fingerprint density at radius 3 is 3.05 bits per heavy atom. The molecule has 108 valence electrons. The van der Waals surface area contributed by atoms with Gasteiger partial charge in [-0.05, 0) is 17.7 Å². The number of carbonyl (C=O) groups excluding carboxylic acids is 2. The first-order chi connectivity index (χ1) is 9.54. The molecule has 0 aromatic heterocycles. The van der Waals surface area contributed by atoms with E-state index in [9.17, 15) is 14.0 Å². The molecule has 1 unspecified atom stereocenters. The Morgan fingerprint density at radius 1 is 1.55 bits per heavy atom. The zero-order valence-electron chi connectivity index (χ0n) is 11.3. The number of nitrogens with zero attached hydrogens (tertiary/aromatic N) is 1. The van der Waals surface area contributed by atoms with Gasteiger partial charge in [0.2, 0.25) is 11.8 Å². The highest BCUT2D eigenvalue weighted by Gasteiger charge is 2.23. The van der Waals surface area contributed by atoms with E-state index in [2.05, 4.69) is 5.32 Å². The quantitative estimate of drug-likeness (QED) is 0.886. The minimum Gasteiger partial charge on any atom is -0.370 e. The van der Waals surface area contributed by atoms with Crippen molar-refractivity contribution in [2.24, 2.45) is 0 Å².